The SMILES string of the molecule is O=C(Nc1cc(OCCCCOc2cnc(C(=O)O)c(NC(=O)c3ccc(-n4ccnc4)nn3)c2)cnc1C(=O)O)c1ccc(-n2ccnc2)nn1. The van der Waals surface area contributed by atoms with Crippen LogP contribution in [0.15, 0.2) is 86.2 Å². The van der Waals surface area contributed by atoms with Crippen LogP contribution in [0.3, 0.4) is 0 Å². The molecule has 0 aliphatic heterocycles. The van der Waals surface area contributed by atoms with Gasteiger partial charge in [0, 0.05) is 36.9 Å². The fourth-order valence-corrected chi connectivity index (χ4v) is 4.49. The van der Waals surface area contributed by atoms with Crippen LogP contribution in [0.5, 0.6) is 11.5 Å². The smallest absolute Gasteiger partial charge is 0.356 e. The van der Waals surface area contributed by atoms with E-state index in [0.29, 0.717) is 24.5 Å². The average molecular weight is 707 g/mol. The van der Waals surface area contributed by atoms with Crippen molar-refractivity contribution < 1.29 is 38.9 Å². The molecule has 0 atom stereocenters. The van der Waals surface area contributed by atoms with E-state index in [-0.39, 0.29) is 47.5 Å². The second-order valence-corrected chi connectivity index (χ2v) is 10.6. The van der Waals surface area contributed by atoms with E-state index < -0.39 is 35.1 Å². The number of aromatic carboxylic acids is 2. The third-order valence-electron chi connectivity index (χ3n) is 7.01. The number of nitrogens with zero attached hydrogens (tertiary/aromatic N) is 10. The molecule has 0 saturated heterocycles. The molecule has 262 valence electrons. The van der Waals surface area contributed by atoms with Gasteiger partial charge in [0.05, 0.1) is 37.0 Å². The first-order valence-corrected chi connectivity index (χ1v) is 15.2. The number of carbonyl (C=O) groups is 4. The van der Waals surface area contributed by atoms with Gasteiger partial charge in [-0.05, 0) is 37.1 Å². The van der Waals surface area contributed by atoms with Crippen LogP contribution in [-0.4, -0.2) is 96.6 Å². The van der Waals surface area contributed by atoms with Crippen molar-refractivity contribution in [1.82, 2.24) is 49.5 Å². The molecule has 6 aromatic rings. The van der Waals surface area contributed by atoms with Crippen molar-refractivity contribution in [1.29, 1.82) is 0 Å². The van der Waals surface area contributed by atoms with Crippen LogP contribution >= 0.6 is 0 Å². The Morgan fingerprint density at radius 2 is 1.08 bits per heavy atom. The second-order valence-electron chi connectivity index (χ2n) is 10.6. The van der Waals surface area contributed by atoms with Crippen LogP contribution in [0.2, 0.25) is 0 Å². The number of carbonyl (C=O) groups excluding carboxylic acids is 2. The summed E-state index contributed by atoms with van der Waals surface area (Å²) in [4.78, 5) is 64.8. The van der Waals surface area contributed by atoms with Crippen molar-refractivity contribution in [2.45, 2.75) is 12.8 Å². The number of imidazole rings is 2. The highest BCUT2D eigenvalue weighted by Crippen LogP contribution is 2.23. The summed E-state index contributed by atoms with van der Waals surface area (Å²) in [5, 5.41) is 39.9. The molecule has 0 aromatic carbocycles. The fourth-order valence-electron chi connectivity index (χ4n) is 4.49. The van der Waals surface area contributed by atoms with Crippen LogP contribution in [-0.2, 0) is 0 Å². The lowest BCUT2D eigenvalue weighted by Gasteiger charge is -2.12. The van der Waals surface area contributed by atoms with Gasteiger partial charge in [0.1, 0.15) is 24.2 Å². The third kappa shape index (κ3) is 8.31. The highest BCUT2D eigenvalue weighted by atomic mass is 16.5. The molecule has 6 rings (SSSR count). The van der Waals surface area contributed by atoms with Crippen LogP contribution in [0, 0.1) is 0 Å². The monoisotopic (exact) mass is 706 g/mol. The van der Waals surface area contributed by atoms with Gasteiger partial charge in [-0.2, -0.15) is 0 Å². The summed E-state index contributed by atoms with van der Waals surface area (Å²) in [7, 11) is 0. The Balaban J connectivity index is 1.00. The van der Waals surface area contributed by atoms with Crippen LogP contribution in [0.1, 0.15) is 54.8 Å². The summed E-state index contributed by atoms with van der Waals surface area (Å²) in [5.74, 6) is -2.84. The number of nitrogens with one attached hydrogen (secondary N) is 2. The Morgan fingerprint density at radius 1 is 0.635 bits per heavy atom. The Labute approximate surface area is 292 Å². The van der Waals surface area contributed by atoms with Gasteiger partial charge in [0.25, 0.3) is 11.8 Å². The first-order valence-electron chi connectivity index (χ1n) is 15.2. The normalized spacial score (nSPS) is 10.7. The maximum absolute atomic E-state index is 12.8. The van der Waals surface area contributed by atoms with Gasteiger partial charge in [-0.15, -0.1) is 20.4 Å². The number of hydrogen-bond acceptors (Lipinski definition) is 14. The zero-order chi connectivity index (χ0) is 36.5. The minimum absolute atomic E-state index is 0.0556. The van der Waals surface area contributed by atoms with Gasteiger partial charge in [0.2, 0.25) is 0 Å². The lowest BCUT2D eigenvalue weighted by Crippen LogP contribution is -2.18. The van der Waals surface area contributed by atoms with Crippen molar-refractivity contribution in [2.75, 3.05) is 23.8 Å². The maximum Gasteiger partial charge on any atom is 0.356 e. The van der Waals surface area contributed by atoms with Crippen molar-refractivity contribution in [2.24, 2.45) is 0 Å². The predicted octanol–water partition coefficient (Wildman–Crippen LogP) is 2.57. The standard InChI is InChI=1S/C32H26N12O8/c45-29(21-3-5-25(41-39-21)43-9-7-33-17-43)37-23-13-19(15-35-27(23)31(47)48)51-11-1-2-12-52-20-14-24(28(32(49)50)36-16-20)38-30(46)22-4-6-26(42-40-22)44-10-8-34-18-44/h3-10,13-18H,1-2,11-12H2,(H,37,45)(H,38,46)(H,47,48)(H,49,50). The molecule has 0 saturated carbocycles. The average Bonchev–Trinajstić information content (AvgIpc) is 3.89. The van der Waals surface area contributed by atoms with Crippen molar-refractivity contribution in [3.63, 3.8) is 0 Å². The van der Waals surface area contributed by atoms with E-state index in [9.17, 15) is 29.4 Å². The Kier molecular flexibility index (Phi) is 10.3. The number of carboxylic acids is 2. The van der Waals surface area contributed by atoms with E-state index in [2.05, 4.69) is 51.0 Å². The van der Waals surface area contributed by atoms with Gasteiger partial charge < -0.3 is 30.3 Å². The molecule has 2 amide bonds. The molecular formula is C32H26N12O8. The highest BCUT2D eigenvalue weighted by Gasteiger charge is 2.19. The molecule has 52 heavy (non-hydrogen) atoms. The first kappa shape index (κ1) is 34.2. The lowest BCUT2D eigenvalue weighted by molar-refractivity contribution is 0.0680. The van der Waals surface area contributed by atoms with Crippen LogP contribution < -0.4 is 20.1 Å². The molecule has 0 aliphatic carbocycles. The van der Waals surface area contributed by atoms with Crippen LogP contribution in [0.25, 0.3) is 11.6 Å². The molecule has 6 aromatic heterocycles. The number of rotatable bonds is 15. The number of unbranched alkanes of at least 4 members (excludes halogenated alkanes) is 1. The van der Waals surface area contributed by atoms with Gasteiger partial charge in [-0.25, -0.2) is 29.5 Å². The number of amides is 2. The van der Waals surface area contributed by atoms with Crippen molar-refractivity contribution >= 4 is 35.1 Å². The van der Waals surface area contributed by atoms with E-state index in [1.165, 1.54) is 49.3 Å². The van der Waals surface area contributed by atoms with Gasteiger partial charge in [-0.3, -0.25) is 18.7 Å². The molecule has 0 radical (unpaired) electrons. The molecule has 0 unspecified atom stereocenters. The summed E-state index contributed by atoms with van der Waals surface area (Å²) < 4.78 is 14.6. The quantitative estimate of drug-likeness (QED) is 0.112. The fraction of sp³-hybridized carbons (Fsp3) is 0.125. The largest absolute Gasteiger partial charge is 0.492 e. The molecule has 0 bridgehead atoms. The first-order chi connectivity index (χ1) is 25.2. The van der Waals surface area contributed by atoms with Crippen LogP contribution in [0.4, 0.5) is 11.4 Å². The number of anilines is 2. The van der Waals surface area contributed by atoms with Gasteiger partial charge >= 0.3 is 11.9 Å². The molecule has 0 spiro atoms. The number of ether oxygens (including phenoxy) is 2. The minimum Gasteiger partial charge on any atom is -0.492 e. The lowest BCUT2D eigenvalue weighted by atomic mass is 10.2. The maximum atomic E-state index is 12.8. The van der Waals surface area contributed by atoms with E-state index in [1.54, 1.807) is 46.1 Å². The summed E-state index contributed by atoms with van der Waals surface area (Å²) >= 11 is 0. The molecule has 4 N–H and O–H groups in total. The molecule has 0 fully saturated rings. The molecule has 0 aliphatic rings. The summed E-state index contributed by atoms with van der Waals surface area (Å²) in [5.41, 5.74) is -1.10. The predicted molar refractivity (Wildman–Crippen MR) is 177 cm³/mol. The molecule has 20 nitrogen and oxygen atoms in total. The molecule has 20 heteroatoms. The Morgan fingerprint density at radius 3 is 1.42 bits per heavy atom. The number of pyridine rings is 2. The van der Waals surface area contributed by atoms with E-state index >= 15 is 0 Å². The van der Waals surface area contributed by atoms with E-state index in [4.69, 9.17) is 9.47 Å². The van der Waals surface area contributed by atoms with Gasteiger partial charge in [-0.1, -0.05) is 0 Å². The second kappa shape index (κ2) is 15.7. The molecule has 6 heterocycles. The van der Waals surface area contributed by atoms with Gasteiger partial charge in [0.15, 0.2) is 34.4 Å². The van der Waals surface area contributed by atoms with E-state index in [0.717, 1.165) is 0 Å². The third-order valence-corrected chi connectivity index (χ3v) is 7.01. The zero-order valence-corrected chi connectivity index (χ0v) is 26.7. The van der Waals surface area contributed by atoms with Crippen molar-refractivity contribution in [3.8, 4) is 23.1 Å². The number of aromatic nitrogens is 10. The summed E-state index contributed by atoms with van der Waals surface area (Å²) in [6, 6.07) is 8.65. The Hall–Kier alpha value is -7.64. The van der Waals surface area contributed by atoms with E-state index in [1.807, 2.05) is 0 Å². The summed E-state index contributed by atoms with van der Waals surface area (Å²) in [6.45, 7) is 0.369. The minimum atomic E-state index is -1.36. The zero-order valence-electron chi connectivity index (χ0n) is 26.7. The highest BCUT2D eigenvalue weighted by molar-refractivity contribution is 6.07. The number of hydrogen-bond donors (Lipinski definition) is 4. The molecular weight excluding hydrogens is 680 g/mol. The van der Waals surface area contributed by atoms with Crippen molar-refractivity contribution in [3.05, 3.63) is 109 Å². The Bertz CT molecular complexity index is 2040. The topological polar surface area (TPSA) is 264 Å². The summed E-state index contributed by atoms with van der Waals surface area (Å²) in [6.07, 6.45) is 12.9. The number of carboxylic acid groups (broad SMARTS) is 2.